The van der Waals surface area contributed by atoms with Crippen molar-refractivity contribution in [3.8, 4) is 0 Å². The Hall–Kier alpha value is -1.62. The summed E-state index contributed by atoms with van der Waals surface area (Å²) in [4.78, 5) is 11.5. The van der Waals surface area contributed by atoms with E-state index in [9.17, 15) is 14.1 Å². The first-order valence-corrected chi connectivity index (χ1v) is 8.72. The fourth-order valence-electron chi connectivity index (χ4n) is 3.08. The molecule has 1 aliphatic carbocycles. The average Bonchev–Trinajstić information content (AvgIpc) is 3.04. The zero-order chi connectivity index (χ0) is 14.8. The number of rotatable bonds is 5. The molecule has 1 saturated carbocycles. The number of para-hydroxylation sites is 1. The highest BCUT2D eigenvalue weighted by Crippen LogP contribution is 2.29. The molecule has 1 aliphatic rings. The van der Waals surface area contributed by atoms with Crippen LogP contribution >= 0.6 is 0 Å². The number of benzene rings is 1. The maximum absolute atomic E-state index is 12.3. The fourth-order valence-corrected chi connectivity index (χ4v) is 4.55. The molecule has 1 aromatic heterocycles. The van der Waals surface area contributed by atoms with Crippen LogP contribution in [-0.4, -0.2) is 21.0 Å². The molecule has 1 unspecified atom stereocenters. The lowest BCUT2D eigenvalue weighted by Gasteiger charge is -2.07. The molecular formula is C16H18O4S. The summed E-state index contributed by atoms with van der Waals surface area (Å²) >= 11 is 0. The number of hydrogen-bond donors (Lipinski definition) is 1. The number of furan rings is 1. The van der Waals surface area contributed by atoms with Gasteiger partial charge in [-0.3, -0.25) is 4.21 Å². The van der Waals surface area contributed by atoms with E-state index in [1.165, 1.54) is 12.8 Å². The van der Waals surface area contributed by atoms with Crippen molar-refractivity contribution < 1.29 is 18.5 Å². The quantitative estimate of drug-likeness (QED) is 0.917. The predicted molar refractivity (Wildman–Crippen MR) is 81.8 cm³/mol. The Morgan fingerprint density at radius 1 is 1.29 bits per heavy atom. The number of carboxylic acids is 1. The van der Waals surface area contributed by atoms with Crippen LogP contribution in [0.1, 0.15) is 41.8 Å². The Morgan fingerprint density at radius 2 is 2.00 bits per heavy atom. The van der Waals surface area contributed by atoms with Gasteiger partial charge in [0.15, 0.2) is 0 Å². The second-order valence-corrected chi connectivity index (χ2v) is 7.10. The molecule has 0 amide bonds. The number of carboxylic acid groups (broad SMARTS) is 1. The van der Waals surface area contributed by atoms with Crippen LogP contribution in [0.2, 0.25) is 0 Å². The standard InChI is InChI=1S/C16H18O4S/c17-16(18)15-12-7-3-4-8-13(12)20-14(15)10-21(19)9-11-5-1-2-6-11/h3-4,7-8,11H,1-2,5-6,9-10H2,(H,17,18). The zero-order valence-electron chi connectivity index (χ0n) is 11.7. The monoisotopic (exact) mass is 306 g/mol. The Kier molecular flexibility index (Phi) is 4.10. The molecule has 1 aromatic carbocycles. The molecule has 1 heterocycles. The van der Waals surface area contributed by atoms with Crippen LogP contribution < -0.4 is 0 Å². The molecule has 0 aliphatic heterocycles. The highest BCUT2D eigenvalue weighted by Gasteiger charge is 2.23. The van der Waals surface area contributed by atoms with Crippen LogP contribution in [0.25, 0.3) is 11.0 Å². The van der Waals surface area contributed by atoms with E-state index in [2.05, 4.69) is 0 Å². The first-order chi connectivity index (χ1) is 10.1. The molecule has 3 rings (SSSR count). The van der Waals surface area contributed by atoms with E-state index >= 15 is 0 Å². The number of carbonyl (C=O) groups is 1. The summed E-state index contributed by atoms with van der Waals surface area (Å²) < 4.78 is 17.9. The lowest BCUT2D eigenvalue weighted by atomic mass is 10.1. The third-order valence-corrected chi connectivity index (χ3v) is 5.50. The van der Waals surface area contributed by atoms with E-state index < -0.39 is 16.8 Å². The van der Waals surface area contributed by atoms with Crippen molar-refractivity contribution in [1.29, 1.82) is 0 Å². The second kappa shape index (κ2) is 6.02. The van der Waals surface area contributed by atoms with Gasteiger partial charge < -0.3 is 9.52 Å². The van der Waals surface area contributed by atoms with Gasteiger partial charge in [0.05, 0.1) is 5.75 Å². The first-order valence-electron chi connectivity index (χ1n) is 7.24. The molecule has 4 nitrogen and oxygen atoms in total. The van der Waals surface area contributed by atoms with E-state index in [-0.39, 0.29) is 11.3 Å². The van der Waals surface area contributed by atoms with Gasteiger partial charge in [0.1, 0.15) is 16.9 Å². The summed E-state index contributed by atoms with van der Waals surface area (Å²) in [5, 5.41) is 9.97. The minimum atomic E-state index is -1.07. The zero-order valence-corrected chi connectivity index (χ0v) is 12.5. The van der Waals surface area contributed by atoms with Crippen LogP contribution in [-0.2, 0) is 16.6 Å². The van der Waals surface area contributed by atoms with Crippen molar-refractivity contribution in [3.63, 3.8) is 0 Å². The van der Waals surface area contributed by atoms with Crippen molar-refractivity contribution in [2.75, 3.05) is 5.75 Å². The van der Waals surface area contributed by atoms with Gasteiger partial charge >= 0.3 is 5.97 Å². The van der Waals surface area contributed by atoms with Crippen LogP contribution in [0, 0.1) is 5.92 Å². The lowest BCUT2D eigenvalue weighted by molar-refractivity contribution is 0.0697. The number of fused-ring (bicyclic) bond motifs is 1. The van der Waals surface area contributed by atoms with E-state index in [0.717, 1.165) is 12.8 Å². The molecule has 0 saturated heterocycles. The highest BCUT2D eigenvalue weighted by molar-refractivity contribution is 7.84. The smallest absolute Gasteiger partial charge is 0.339 e. The maximum Gasteiger partial charge on any atom is 0.339 e. The summed E-state index contributed by atoms with van der Waals surface area (Å²) in [6.07, 6.45) is 4.70. The van der Waals surface area contributed by atoms with Crippen LogP contribution in [0.4, 0.5) is 0 Å². The van der Waals surface area contributed by atoms with E-state index in [4.69, 9.17) is 4.42 Å². The van der Waals surface area contributed by atoms with Crippen molar-refractivity contribution in [1.82, 2.24) is 0 Å². The minimum Gasteiger partial charge on any atom is -0.478 e. The van der Waals surface area contributed by atoms with Crippen molar-refractivity contribution in [2.45, 2.75) is 31.4 Å². The molecule has 5 heteroatoms. The molecule has 0 radical (unpaired) electrons. The Bertz CT molecular complexity index is 683. The summed E-state index contributed by atoms with van der Waals surface area (Å²) in [6, 6.07) is 7.05. The van der Waals surface area contributed by atoms with Crippen LogP contribution in [0.5, 0.6) is 0 Å². The third kappa shape index (κ3) is 3.02. The predicted octanol–water partition coefficient (Wildman–Crippen LogP) is 3.57. The Labute approximate surface area is 125 Å². The van der Waals surface area contributed by atoms with Gasteiger partial charge in [-0.05, 0) is 24.8 Å². The highest BCUT2D eigenvalue weighted by atomic mass is 32.2. The number of hydrogen-bond acceptors (Lipinski definition) is 3. The van der Waals surface area contributed by atoms with Gasteiger partial charge in [-0.25, -0.2) is 4.79 Å². The fraction of sp³-hybridized carbons (Fsp3) is 0.438. The van der Waals surface area contributed by atoms with Gasteiger partial charge in [0, 0.05) is 21.9 Å². The SMILES string of the molecule is O=C(O)c1c(CS(=O)CC2CCCC2)oc2ccccc12. The van der Waals surface area contributed by atoms with Crippen molar-refractivity contribution in [2.24, 2.45) is 5.92 Å². The normalized spacial score (nSPS) is 17.3. The summed E-state index contributed by atoms with van der Waals surface area (Å²) in [5.74, 6) is 0.666. The molecule has 0 bridgehead atoms. The van der Waals surface area contributed by atoms with E-state index in [1.54, 1.807) is 24.3 Å². The van der Waals surface area contributed by atoms with Gasteiger partial charge in [-0.1, -0.05) is 31.0 Å². The molecule has 21 heavy (non-hydrogen) atoms. The largest absolute Gasteiger partial charge is 0.478 e. The summed E-state index contributed by atoms with van der Waals surface area (Å²) in [7, 11) is -1.07. The molecule has 112 valence electrons. The first kappa shape index (κ1) is 14.3. The van der Waals surface area contributed by atoms with Gasteiger partial charge in [0.2, 0.25) is 0 Å². The van der Waals surface area contributed by atoms with E-state index in [1.807, 2.05) is 0 Å². The van der Waals surface area contributed by atoms with E-state index in [0.29, 0.717) is 28.4 Å². The summed E-state index contributed by atoms with van der Waals surface area (Å²) in [5.41, 5.74) is 0.702. The average molecular weight is 306 g/mol. The van der Waals surface area contributed by atoms with Crippen LogP contribution in [0.15, 0.2) is 28.7 Å². The Balaban J connectivity index is 1.84. The maximum atomic E-state index is 12.3. The Morgan fingerprint density at radius 3 is 2.71 bits per heavy atom. The van der Waals surface area contributed by atoms with Gasteiger partial charge in [-0.2, -0.15) is 0 Å². The molecule has 1 N–H and O–H groups in total. The van der Waals surface area contributed by atoms with Crippen molar-refractivity contribution in [3.05, 3.63) is 35.6 Å². The van der Waals surface area contributed by atoms with Gasteiger partial charge in [-0.15, -0.1) is 0 Å². The molecule has 0 spiro atoms. The van der Waals surface area contributed by atoms with Crippen molar-refractivity contribution >= 4 is 27.7 Å². The number of aromatic carboxylic acids is 1. The lowest BCUT2D eigenvalue weighted by Crippen LogP contribution is -2.10. The molecule has 1 atom stereocenters. The molecular weight excluding hydrogens is 288 g/mol. The second-order valence-electron chi connectivity index (χ2n) is 5.60. The summed E-state index contributed by atoms with van der Waals surface area (Å²) in [6.45, 7) is 0. The topological polar surface area (TPSA) is 67.5 Å². The third-order valence-electron chi connectivity index (χ3n) is 4.07. The van der Waals surface area contributed by atoms with Gasteiger partial charge in [0.25, 0.3) is 0 Å². The molecule has 2 aromatic rings. The molecule has 1 fully saturated rings. The minimum absolute atomic E-state index is 0.158. The van der Waals surface area contributed by atoms with Crippen LogP contribution in [0.3, 0.4) is 0 Å².